The van der Waals surface area contributed by atoms with Crippen LogP contribution in [-0.4, -0.2) is 28.8 Å². The van der Waals surface area contributed by atoms with E-state index in [0.717, 1.165) is 0 Å². The predicted molar refractivity (Wildman–Crippen MR) is 74.4 cm³/mol. The van der Waals surface area contributed by atoms with Crippen molar-refractivity contribution in [3.05, 3.63) is 42.5 Å². The third-order valence-electron chi connectivity index (χ3n) is 2.25. The Hall–Kier alpha value is -2.67. The number of rotatable bonds is 5. The van der Waals surface area contributed by atoms with Gasteiger partial charge in [0.1, 0.15) is 0 Å². The Morgan fingerprint density at radius 1 is 0.913 bits per heavy atom. The summed E-state index contributed by atoms with van der Waals surface area (Å²) < 4.78 is 29.0. The van der Waals surface area contributed by atoms with Crippen molar-refractivity contribution in [3.8, 4) is 0 Å². The Kier molecular flexibility index (Phi) is 4.67. The normalized spacial score (nSPS) is 12.0. The van der Waals surface area contributed by atoms with Crippen LogP contribution in [0.5, 0.6) is 0 Å². The Morgan fingerprint density at radius 2 is 1.30 bits per heavy atom. The lowest BCUT2D eigenvalue weighted by Gasteiger charge is -2.18. The fourth-order valence-electron chi connectivity index (χ4n) is 1.59. The molecule has 23 heavy (non-hydrogen) atoms. The van der Waals surface area contributed by atoms with Crippen LogP contribution in [0.2, 0.25) is 0 Å². The largest absolute Gasteiger partial charge is 0.311 e. The standard InChI is InChI=1S/C10H11N3O9S/c1-10(2,3)22-23(20,21)9-7(12(16)17)4-6(11(14)15)5-8(9)13(18)19/h4-5H,1-3H3. The van der Waals surface area contributed by atoms with E-state index in [1.165, 1.54) is 20.8 Å². The summed E-state index contributed by atoms with van der Waals surface area (Å²) in [6.07, 6.45) is 0. The zero-order chi connectivity index (χ0) is 18.2. The molecule has 126 valence electrons. The van der Waals surface area contributed by atoms with Gasteiger partial charge in [-0.1, -0.05) is 0 Å². The van der Waals surface area contributed by atoms with E-state index in [-0.39, 0.29) is 0 Å². The first kappa shape index (κ1) is 18.4. The fourth-order valence-corrected chi connectivity index (χ4v) is 3.11. The van der Waals surface area contributed by atoms with Crippen molar-refractivity contribution < 1.29 is 27.4 Å². The van der Waals surface area contributed by atoms with Gasteiger partial charge in [0, 0.05) is 0 Å². The topological polar surface area (TPSA) is 173 Å². The molecule has 0 amide bonds. The van der Waals surface area contributed by atoms with Crippen LogP contribution in [0.4, 0.5) is 17.1 Å². The highest BCUT2D eigenvalue weighted by atomic mass is 32.2. The molecule has 0 aliphatic heterocycles. The second-order valence-corrected chi connectivity index (χ2v) is 6.72. The molecule has 0 atom stereocenters. The number of hydrogen-bond acceptors (Lipinski definition) is 9. The molecule has 0 saturated carbocycles. The summed E-state index contributed by atoms with van der Waals surface area (Å²) in [5, 5.41) is 32.8. The number of non-ortho nitro benzene ring substituents is 1. The number of benzene rings is 1. The SMILES string of the molecule is CC(C)(C)OS(=O)(=O)c1c([N+](=O)[O-])cc([N+](=O)[O-])cc1[N+](=O)[O-]. The van der Waals surface area contributed by atoms with E-state index in [2.05, 4.69) is 4.18 Å². The van der Waals surface area contributed by atoms with Crippen molar-refractivity contribution in [3.63, 3.8) is 0 Å². The first-order chi connectivity index (χ1) is 10.3. The average Bonchev–Trinajstić information content (AvgIpc) is 2.33. The maximum absolute atomic E-state index is 12.2. The zero-order valence-corrected chi connectivity index (χ0v) is 12.9. The summed E-state index contributed by atoms with van der Waals surface area (Å²) in [6.45, 7) is 3.94. The third kappa shape index (κ3) is 4.17. The predicted octanol–water partition coefficient (Wildman–Crippen LogP) is 1.91. The van der Waals surface area contributed by atoms with Crippen molar-refractivity contribution in [2.24, 2.45) is 0 Å². The average molecular weight is 349 g/mol. The van der Waals surface area contributed by atoms with Gasteiger partial charge in [-0.3, -0.25) is 34.5 Å². The van der Waals surface area contributed by atoms with Gasteiger partial charge >= 0.3 is 21.5 Å². The van der Waals surface area contributed by atoms with Gasteiger partial charge < -0.3 is 0 Å². The van der Waals surface area contributed by atoms with Crippen molar-refractivity contribution in [1.82, 2.24) is 0 Å². The second kappa shape index (κ2) is 5.85. The van der Waals surface area contributed by atoms with Crippen LogP contribution in [0.25, 0.3) is 0 Å². The van der Waals surface area contributed by atoms with Gasteiger partial charge in [0.15, 0.2) is 0 Å². The molecule has 0 heterocycles. The Morgan fingerprint density at radius 3 is 1.57 bits per heavy atom. The van der Waals surface area contributed by atoms with E-state index in [0.29, 0.717) is 12.1 Å². The minimum Gasteiger partial charge on any atom is -0.260 e. The molecular formula is C10H11N3O9S. The lowest BCUT2D eigenvalue weighted by Crippen LogP contribution is -2.25. The molecule has 12 nitrogen and oxygen atoms in total. The Labute approximate surface area is 129 Å². The van der Waals surface area contributed by atoms with Crippen molar-refractivity contribution in [1.29, 1.82) is 0 Å². The molecule has 0 spiro atoms. The van der Waals surface area contributed by atoms with Crippen LogP contribution in [0.3, 0.4) is 0 Å². The molecule has 0 aromatic heterocycles. The van der Waals surface area contributed by atoms with E-state index in [9.17, 15) is 38.8 Å². The third-order valence-corrected chi connectivity index (χ3v) is 3.89. The summed E-state index contributed by atoms with van der Waals surface area (Å²) in [5.41, 5.74) is -4.94. The molecule has 1 rings (SSSR count). The molecule has 0 fully saturated rings. The van der Waals surface area contributed by atoms with Gasteiger partial charge in [-0.2, -0.15) is 8.42 Å². The van der Waals surface area contributed by atoms with E-state index in [4.69, 9.17) is 0 Å². The van der Waals surface area contributed by atoms with E-state index < -0.39 is 52.4 Å². The molecule has 0 aliphatic rings. The smallest absolute Gasteiger partial charge is 0.260 e. The lowest BCUT2D eigenvalue weighted by atomic mass is 10.2. The molecule has 0 radical (unpaired) electrons. The lowest BCUT2D eigenvalue weighted by molar-refractivity contribution is -0.407. The fraction of sp³-hybridized carbons (Fsp3) is 0.400. The number of nitro benzene ring substituents is 3. The Bertz CT molecular complexity index is 759. The molecule has 0 unspecified atom stereocenters. The Balaban J connectivity index is 3.86. The van der Waals surface area contributed by atoms with Gasteiger partial charge in [-0.25, -0.2) is 0 Å². The number of nitro groups is 3. The van der Waals surface area contributed by atoms with Gasteiger partial charge in [-0.05, 0) is 20.8 Å². The molecule has 0 saturated heterocycles. The van der Waals surface area contributed by atoms with Gasteiger partial charge in [0.25, 0.3) is 5.69 Å². The van der Waals surface area contributed by atoms with Crippen LogP contribution in [0.15, 0.2) is 17.0 Å². The molecule has 13 heteroatoms. The van der Waals surface area contributed by atoms with Gasteiger partial charge in [0.2, 0.25) is 4.90 Å². The maximum Gasteiger partial charge on any atom is 0.311 e. The molecule has 0 N–H and O–H groups in total. The van der Waals surface area contributed by atoms with Crippen molar-refractivity contribution in [2.45, 2.75) is 31.3 Å². The maximum atomic E-state index is 12.2. The second-order valence-electron chi connectivity index (χ2n) is 5.23. The van der Waals surface area contributed by atoms with E-state index in [1.807, 2.05) is 0 Å². The molecule has 0 bridgehead atoms. The van der Waals surface area contributed by atoms with Crippen LogP contribution >= 0.6 is 0 Å². The van der Waals surface area contributed by atoms with Gasteiger partial charge in [-0.15, -0.1) is 0 Å². The zero-order valence-electron chi connectivity index (χ0n) is 12.1. The summed E-state index contributed by atoms with van der Waals surface area (Å²) >= 11 is 0. The highest BCUT2D eigenvalue weighted by Crippen LogP contribution is 2.39. The summed E-state index contributed by atoms with van der Waals surface area (Å²) in [7, 11) is -4.92. The first-order valence-corrected chi connectivity index (χ1v) is 7.24. The van der Waals surface area contributed by atoms with Crippen molar-refractivity contribution in [2.75, 3.05) is 0 Å². The highest BCUT2D eigenvalue weighted by molar-refractivity contribution is 7.87. The number of nitrogens with zero attached hydrogens (tertiary/aromatic N) is 3. The van der Waals surface area contributed by atoms with Crippen LogP contribution < -0.4 is 0 Å². The molecular weight excluding hydrogens is 338 g/mol. The number of hydrogen-bond donors (Lipinski definition) is 0. The van der Waals surface area contributed by atoms with E-state index in [1.54, 1.807) is 0 Å². The van der Waals surface area contributed by atoms with Crippen LogP contribution in [0, 0.1) is 30.3 Å². The van der Waals surface area contributed by atoms with Crippen LogP contribution in [0.1, 0.15) is 20.8 Å². The quantitative estimate of drug-likeness (QED) is 0.437. The molecule has 1 aromatic rings. The first-order valence-electron chi connectivity index (χ1n) is 5.83. The van der Waals surface area contributed by atoms with Gasteiger partial charge in [0.05, 0.1) is 32.5 Å². The monoisotopic (exact) mass is 349 g/mol. The van der Waals surface area contributed by atoms with Crippen molar-refractivity contribution >= 4 is 27.2 Å². The summed E-state index contributed by atoms with van der Waals surface area (Å²) in [6, 6.07) is 0.651. The highest BCUT2D eigenvalue weighted by Gasteiger charge is 2.41. The summed E-state index contributed by atoms with van der Waals surface area (Å²) in [4.78, 5) is 27.8. The summed E-state index contributed by atoms with van der Waals surface area (Å²) in [5.74, 6) is 0. The molecule has 0 aliphatic carbocycles. The molecule has 1 aromatic carbocycles. The minimum absolute atomic E-state index is 0.325. The van der Waals surface area contributed by atoms with Crippen LogP contribution in [-0.2, 0) is 14.3 Å². The minimum atomic E-state index is -4.92. The van der Waals surface area contributed by atoms with E-state index >= 15 is 0 Å².